The third kappa shape index (κ3) is 5.57. The van der Waals surface area contributed by atoms with E-state index in [1.807, 2.05) is 31.2 Å². The summed E-state index contributed by atoms with van der Waals surface area (Å²) in [5.74, 6) is 1.67. The molecular weight excluding hydrogens is 320 g/mol. The van der Waals surface area contributed by atoms with Crippen LogP contribution in [0.25, 0.3) is 6.08 Å². The molecule has 0 heterocycles. The molecule has 0 amide bonds. The highest BCUT2D eigenvalue weighted by Crippen LogP contribution is 2.25. The van der Waals surface area contributed by atoms with Crippen LogP contribution in [0.3, 0.4) is 0 Å². The van der Waals surface area contributed by atoms with Crippen LogP contribution in [-0.4, -0.2) is 33.4 Å². The summed E-state index contributed by atoms with van der Waals surface area (Å²) >= 11 is 0. The molecule has 0 atom stereocenters. The SMILES string of the molecule is COc1ccc(OC)c(C=CC(=O)OCCOc2ccccc2C)c1. The van der Waals surface area contributed by atoms with E-state index in [1.54, 1.807) is 38.5 Å². The van der Waals surface area contributed by atoms with E-state index >= 15 is 0 Å². The van der Waals surface area contributed by atoms with Crippen molar-refractivity contribution in [3.8, 4) is 17.2 Å². The van der Waals surface area contributed by atoms with Crippen molar-refractivity contribution in [2.24, 2.45) is 0 Å². The fraction of sp³-hybridized carbons (Fsp3) is 0.250. The van der Waals surface area contributed by atoms with Gasteiger partial charge in [-0.25, -0.2) is 4.79 Å². The summed E-state index contributed by atoms with van der Waals surface area (Å²) in [5, 5.41) is 0. The predicted molar refractivity (Wildman–Crippen MR) is 96.2 cm³/mol. The maximum atomic E-state index is 11.8. The van der Waals surface area contributed by atoms with Crippen LogP contribution < -0.4 is 14.2 Å². The van der Waals surface area contributed by atoms with Gasteiger partial charge < -0.3 is 18.9 Å². The zero-order valence-corrected chi connectivity index (χ0v) is 14.7. The van der Waals surface area contributed by atoms with E-state index in [9.17, 15) is 4.79 Å². The maximum absolute atomic E-state index is 11.8. The number of ether oxygens (including phenoxy) is 4. The molecule has 5 heteroatoms. The Morgan fingerprint density at radius 3 is 2.52 bits per heavy atom. The number of methoxy groups -OCH3 is 2. The van der Waals surface area contributed by atoms with Gasteiger partial charge in [-0.3, -0.25) is 0 Å². The monoisotopic (exact) mass is 342 g/mol. The van der Waals surface area contributed by atoms with Crippen LogP contribution in [0.5, 0.6) is 17.2 Å². The molecule has 0 N–H and O–H groups in total. The number of carbonyl (C=O) groups is 1. The maximum Gasteiger partial charge on any atom is 0.330 e. The molecule has 0 saturated carbocycles. The quantitative estimate of drug-likeness (QED) is 0.416. The Morgan fingerprint density at radius 2 is 1.80 bits per heavy atom. The lowest BCUT2D eigenvalue weighted by atomic mass is 10.1. The van der Waals surface area contributed by atoms with Crippen molar-refractivity contribution < 1.29 is 23.7 Å². The molecule has 132 valence electrons. The van der Waals surface area contributed by atoms with Crippen molar-refractivity contribution in [1.29, 1.82) is 0 Å². The summed E-state index contributed by atoms with van der Waals surface area (Å²) in [5.41, 5.74) is 1.77. The molecule has 0 aliphatic heterocycles. The Hall–Kier alpha value is -2.95. The van der Waals surface area contributed by atoms with Crippen LogP contribution in [0.15, 0.2) is 48.5 Å². The Kier molecular flexibility index (Phi) is 6.89. The second-order valence-electron chi connectivity index (χ2n) is 5.22. The van der Waals surface area contributed by atoms with Gasteiger partial charge in [0.2, 0.25) is 0 Å². The summed E-state index contributed by atoms with van der Waals surface area (Å²) < 4.78 is 21.1. The van der Waals surface area contributed by atoms with Gasteiger partial charge in [-0.2, -0.15) is 0 Å². The molecule has 0 unspecified atom stereocenters. The van der Waals surface area contributed by atoms with Gasteiger partial charge in [0.05, 0.1) is 14.2 Å². The fourth-order valence-electron chi connectivity index (χ4n) is 2.19. The molecule has 2 rings (SSSR count). The number of hydrogen-bond acceptors (Lipinski definition) is 5. The van der Waals surface area contributed by atoms with E-state index in [0.29, 0.717) is 18.1 Å². The summed E-state index contributed by atoms with van der Waals surface area (Å²) in [6.45, 7) is 2.44. The van der Waals surface area contributed by atoms with Crippen molar-refractivity contribution in [3.63, 3.8) is 0 Å². The van der Waals surface area contributed by atoms with Gasteiger partial charge in [-0.15, -0.1) is 0 Å². The highest BCUT2D eigenvalue weighted by atomic mass is 16.6. The minimum atomic E-state index is -0.446. The third-order valence-electron chi connectivity index (χ3n) is 3.51. The first kappa shape index (κ1) is 18.4. The van der Waals surface area contributed by atoms with E-state index in [4.69, 9.17) is 18.9 Å². The van der Waals surface area contributed by atoms with Crippen molar-refractivity contribution in [2.45, 2.75) is 6.92 Å². The van der Waals surface area contributed by atoms with Gasteiger partial charge in [0, 0.05) is 11.6 Å². The molecule has 0 fully saturated rings. The average Bonchev–Trinajstić information content (AvgIpc) is 2.64. The van der Waals surface area contributed by atoms with Crippen LogP contribution in [0, 0.1) is 6.92 Å². The Labute approximate surface area is 147 Å². The number of rotatable bonds is 8. The minimum absolute atomic E-state index is 0.173. The van der Waals surface area contributed by atoms with Gasteiger partial charge >= 0.3 is 5.97 Å². The summed E-state index contributed by atoms with van der Waals surface area (Å²) in [7, 11) is 3.15. The van der Waals surface area contributed by atoms with Crippen molar-refractivity contribution in [1.82, 2.24) is 0 Å². The van der Waals surface area contributed by atoms with E-state index in [1.165, 1.54) is 6.08 Å². The van der Waals surface area contributed by atoms with Crippen molar-refractivity contribution >= 4 is 12.0 Å². The molecule has 0 radical (unpaired) electrons. The summed E-state index contributed by atoms with van der Waals surface area (Å²) in [6.07, 6.45) is 2.98. The second-order valence-corrected chi connectivity index (χ2v) is 5.22. The van der Waals surface area contributed by atoms with Gasteiger partial charge in [0.15, 0.2) is 0 Å². The van der Waals surface area contributed by atoms with Gasteiger partial charge in [-0.05, 0) is 42.8 Å². The highest BCUT2D eigenvalue weighted by molar-refractivity contribution is 5.87. The van der Waals surface area contributed by atoms with E-state index in [2.05, 4.69) is 0 Å². The van der Waals surface area contributed by atoms with Crippen LogP contribution in [0.1, 0.15) is 11.1 Å². The largest absolute Gasteiger partial charge is 0.497 e. The second kappa shape index (κ2) is 9.37. The number of aryl methyl sites for hydroxylation is 1. The first-order valence-corrected chi connectivity index (χ1v) is 7.89. The molecular formula is C20H22O5. The third-order valence-corrected chi connectivity index (χ3v) is 3.51. The smallest absolute Gasteiger partial charge is 0.330 e. The van der Waals surface area contributed by atoms with Gasteiger partial charge in [0.1, 0.15) is 30.5 Å². The Morgan fingerprint density at radius 1 is 1.00 bits per heavy atom. The molecule has 2 aromatic rings. The summed E-state index contributed by atoms with van der Waals surface area (Å²) in [4.78, 5) is 11.8. The zero-order chi connectivity index (χ0) is 18.1. The number of carbonyl (C=O) groups excluding carboxylic acids is 1. The lowest BCUT2D eigenvalue weighted by molar-refractivity contribution is -0.138. The van der Waals surface area contributed by atoms with Gasteiger partial charge in [0.25, 0.3) is 0 Å². The minimum Gasteiger partial charge on any atom is -0.497 e. The van der Waals surface area contributed by atoms with Crippen LogP contribution in [0.2, 0.25) is 0 Å². The molecule has 0 aliphatic rings. The lowest BCUT2D eigenvalue weighted by Crippen LogP contribution is -2.10. The fourth-order valence-corrected chi connectivity index (χ4v) is 2.19. The topological polar surface area (TPSA) is 54.0 Å². The Bertz CT molecular complexity index is 737. The highest BCUT2D eigenvalue weighted by Gasteiger charge is 2.04. The molecule has 2 aromatic carbocycles. The summed E-state index contributed by atoms with van der Waals surface area (Å²) in [6, 6.07) is 13.0. The van der Waals surface area contributed by atoms with E-state index in [0.717, 1.165) is 16.9 Å². The number of esters is 1. The number of benzene rings is 2. The van der Waals surface area contributed by atoms with Crippen molar-refractivity contribution in [2.75, 3.05) is 27.4 Å². The first-order valence-electron chi connectivity index (χ1n) is 7.89. The molecule has 5 nitrogen and oxygen atoms in total. The molecule has 0 aromatic heterocycles. The molecule has 0 spiro atoms. The molecule has 25 heavy (non-hydrogen) atoms. The Balaban J connectivity index is 1.84. The van der Waals surface area contributed by atoms with E-state index < -0.39 is 5.97 Å². The van der Waals surface area contributed by atoms with Crippen LogP contribution >= 0.6 is 0 Å². The number of hydrogen-bond donors (Lipinski definition) is 0. The predicted octanol–water partition coefficient (Wildman–Crippen LogP) is 3.65. The zero-order valence-electron chi connectivity index (χ0n) is 14.7. The first-order chi connectivity index (χ1) is 12.1. The molecule has 0 saturated heterocycles. The van der Waals surface area contributed by atoms with Crippen LogP contribution in [-0.2, 0) is 9.53 Å². The normalized spacial score (nSPS) is 10.5. The number of para-hydroxylation sites is 1. The van der Waals surface area contributed by atoms with Crippen LogP contribution in [0.4, 0.5) is 0 Å². The molecule has 0 bridgehead atoms. The van der Waals surface area contributed by atoms with Gasteiger partial charge in [-0.1, -0.05) is 18.2 Å². The molecule has 0 aliphatic carbocycles. The standard InChI is InChI=1S/C20H22O5/c1-15-6-4-5-7-18(15)24-12-13-25-20(21)11-8-16-14-17(22-2)9-10-19(16)23-3/h4-11,14H,12-13H2,1-3H3. The van der Waals surface area contributed by atoms with Crippen molar-refractivity contribution in [3.05, 3.63) is 59.7 Å². The average molecular weight is 342 g/mol. The van der Waals surface area contributed by atoms with E-state index in [-0.39, 0.29) is 6.61 Å². The lowest BCUT2D eigenvalue weighted by Gasteiger charge is -2.09.